The lowest BCUT2D eigenvalue weighted by molar-refractivity contribution is -0.359. The van der Waals surface area contributed by atoms with Crippen molar-refractivity contribution in [3.05, 3.63) is 24.3 Å². The summed E-state index contributed by atoms with van der Waals surface area (Å²) in [5, 5.41) is 86.8. The maximum atomic E-state index is 13.2. The molecule has 1 amide bonds. The van der Waals surface area contributed by atoms with E-state index in [4.69, 9.17) is 18.9 Å². The third kappa shape index (κ3) is 36.0. The van der Waals surface area contributed by atoms with Gasteiger partial charge in [0.15, 0.2) is 12.6 Å². The molecule has 0 aliphatic carbocycles. The summed E-state index contributed by atoms with van der Waals surface area (Å²) in [6, 6.07) is -0.909. The SMILES string of the molecule is CCCCCCCC/C=C/C(O)C(COC1OC(CO)C(OC2OC(CO)C(O)C(O)C2O)C(O)C1O)NC(=O)CCCCCCCCCCCCCCCCCCCCCCCCCCC/C=C\CCCCCCCCCC. The minimum Gasteiger partial charge on any atom is -0.394 e. The summed E-state index contributed by atoms with van der Waals surface area (Å²) < 4.78 is 22.7. The standard InChI is InChI=1S/C65H123NO13/c1-3-5-7-9-11-13-14-15-16-17-18-19-20-21-22-23-24-25-26-27-28-29-30-31-32-33-34-35-36-37-38-39-40-41-43-45-47-49-57(70)66-53(54(69)48-46-44-42-12-10-8-6-4-2)52-76-64-62(75)60(73)63(56(51-68)78-64)79-65-61(74)59(72)58(71)55(50-67)77-65/h17-18,46,48,53-56,58-65,67-69,71-75H,3-16,19-45,47,49-52H2,1-2H3,(H,66,70)/b18-17-,48-46+. The number of rotatable bonds is 54. The number of ether oxygens (including phenoxy) is 4. The highest BCUT2D eigenvalue weighted by molar-refractivity contribution is 5.76. The van der Waals surface area contributed by atoms with Gasteiger partial charge in [0.2, 0.25) is 5.91 Å². The average molecular weight is 1130 g/mol. The van der Waals surface area contributed by atoms with Crippen LogP contribution >= 0.6 is 0 Å². The molecule has 0 aromatic rings. The summed E-state index contributed by atoms with van der Waals surface area (Å²) in [4.78, 5) is 13.2. The van der Waals surface area contributed by atoms with Gasteiger partial charge in [-0.15, -0.1) is 0 Å². The number of aliphatic hydroxyl groups excluding tert-OH is 8. The van der Waals surface area contributed by atoms with Gasteiger partial charge >= 0.3 is 0 Å². The zero-order chi connectivity index (χ0) is 57.4. The molecule has 2 fully saturated rings. The molecular formula is C65H123NO13. The number of aliphatic hydroxyl groups is 8. The summed E-state index contributed by atoms with van der Waals surface area (Å²) in [6.45, 7) is 2.76. The van der Waals surface area contributed by atoms with Gasteiger partial charge in [0.25, 0.3) is 0 Å². The third-order valence-electron chi connectivity index (χ3n) is 16.4. The van der Waals surface area contributed by atoms with Crippen molar-refractivity contribution in [2.45, 2.75) is 364 Å². The topological polar surface area (TPSA) is 228 Å². The lowest BCUT2D eigenvalue weighted by Gasteiger charge is -2.46. The van der Waals surface area contributed by atoms with Crippen LogP contribution in [0.1, 0.15) is 290 Å². The van der Waals surface area contributed by atoms with E-state index in [-0.39, 0.29) is 18.9 Å². The molecule has 2 saturated heterocycles. The van der Waals surface area contributed by atoms with Crippen LogP contribution < -0.4 is 5.32 Å². The fourth-order valence-electron chi connectivity index (χ4n) is 11.1. The minimum atomic E-state index is -1.79. The summed E-state index contributed by atoms with van der Waals surface area (Å²) in [5.74, 6) is -0.238. The normalized spacial score (nSPS) is 24.5. The van der Waals surface area contributed by atoms with E-state index in [1.807, 2.05) is 6.08 Å². The van der Waals surface area contributed by atoms with Crippen LogP contribution in [0.15, 0.2) is 24.3 Å². The molecule has 79 heavy (non-hydrogen) atoms. The van der Waals surface area contributed by atoms with Crippen molar-refractivity contribution >= 4 is 5.91 Å². The Balaban J connectivity index is 1.51. The Morgan fingerprint density at radius 3 is 1.20 bits per heavy atom. The van der Waals surface area contributed by atoms with Crippen LogP contribution in [0.25, 0.3) is 0 Å². The van der Waals surface area contributed by atoms with Gasteiger partial charge < -0.3 is 65.1 Å². The molecule has 14 nitrogen and oxygen atoms in total. The summed E-state index contributed by atoms with van der Waals surface area (Å²) in [5.41, 5.74) is 0. The zero-order valence-electron chi connectivity index (χ0n) is 50.4. The molecule has 2 aliphatic rings. The minimum absolute atomic E-state index is 0.238. The van der Waals surface area contributed by atoms with Crippen molar-refractivity contribution < 1.29 is 64.6 Å². The lowest BCUT2D eigenvalue weighted by atomic mass is 9.97. The Morgan fingerprint density at radius 1 is 0.443 bits per heavy atom. The number of hydrogen-bond acceptors (Lipinski definition) is 13. The maximum absolute atomic E-state index is 13.2. The molecule has 2 aliphatic heterocycles. The molecule has 14 heteroatoms. The number of amides is 1. The lowest BCUT2D eigenvalue weighted by Crippen LogP contribution is -2.65. The van der Waals surface area contributed by atoms with Crippen LogP contribution in [0.4, 0.5) is 0 Å². The van der Waals surface area contributed by atoms with E-state index in [1.165, 1.54) is 218 Å². The molecule has 2 heterocycles. The molecule has 12 atom stereocenters. The first-order chi connectivity index (χ1) is 38.6. The van der Waals surface area contributed by atoms with E-state index in [2.05, 4.69) is 31.3 Å². The van der Waals surface area contributed by atoms with Crippen LogP contribution in [-0.2, 0) is 23.7 Å². The Labute approximate surface area is 481 Å². The van der Waals surface area contributed by atoms with Crippen LogP contribution in [0.3, 0.4) is 0 Å². The van der Waals surface area contributed by atoms with Gasteiger partial charge in [-0.2, -0.15) is 0 Å². The van der Waals surface area contributed by atoms with E-state index in [1.54, 1.807) is 6.08 Å². The largest absolute Gasteiger partial charge is 0.394 e. The number of nitrogens with one attached hydrogen (secondary N) is 1. The van der Waals surface area contributed by atoms with Crippen molar-refractivity contribution in [1.82, 2.24) is 5.32 Å². The van der Waals surface area contributed by atoms with Crippen molar-refractivity contribution in [3.8, 4) is 0 Å². The Hall–Kier alpha value is -1.53. The van der Waals surface area contributed by atoms with E-state index < -0.39 is 86.8 Å². The molecule has 9 N–H and O–H groups in total. The Morgan fingerprint density at radius 2 is 0.797 bits per heavy atom. The van der Waals surface area contributed by atoms with Gasteiger partial charge in [0.1, 0.15) is 48.8 Å². The van der Waals surface area contributed by atoms with Gasteiger partial charge in [-0.1, -0.05) is 263 Å². The Bertz CT molecular complexity index is 1420. The molecule has 466 valence electrons. The summed E-state index contributed by atoms with van der Waals surface area (Å²) >= 11 is 0. The highest BCUT2D eigenvalue weighted by Crippen LogP contribution is 2.30. The second-order valence-corrected chi connectivity index (χ2v) is 23.6. The number of carbonyl (C=O) groups is 1. The molecule has 0 radical (unpaired) electrons. The maximum Gasteiger partial charge on any atom is 0.220 e. The predicted octanol–water partition coefficient (Wildman–Crippen LogP) is 12.4. The molecule has 0 spiro atoms. The predicted molar refractivity (Wildman–Crippen MR) is 318 cm³/mol. The highest BCUT2D eigenvalue weighted by atomic mass is 16.7. The summed E-state index contributed by atoms with van der Waals surface area (Å²) in [6.07, 6.45) is 45.9. The van der Waals surface area contributed by atoms with E-state index in [0.29, 0.717) is 6.42 Å². The monoisotopic (exact) mass is 1130 g/mol. The number of allylic oxidation sites excluding steroid dienone is 3. The Kier molecular flexibility index (Phi) is 47.4. The van der Waals surface area contributed by atoms with E-state index >= 15 is 0 Å². The van der Waals surface area contributed by atoms with Crippen LogP contribution in [0, 0.1) is 0 Å². The molecular weight excluding hydrogens is 1000 g/mol. The fraction of sp³-hybridized carbons (Fsp3) is 0.923. The smallest absolute Gasteiger partial charge is 0.220 e. The first-order valence-electron chi connectivity index (χ1n) is 33.1. The van der Waals surface area contributed by atoms with Crippen molar-refractivity contribution in [2.24, 2.45) is 0 Å². The quantitative estimate of drug-likeness (QED) is 0.0204. The highest BCUT2D eigenvalue weighted by Gasteiger charge is 2.51. The van der Waals surface area contributed by atoms with E-state index in [0.717, 1.165) is 44.9 Å². The molecule has 0 aromatic carbocycles. The average Bonchev–Trinajstić information content (AvgIpc) is 3.54. The van der Waals surface area contributed by atoms with Crippen LogP contribution in [0.2, 0.25) is 0 Å². The summed E-state index contributed by atoms with van der Waals surface area (Å²) in [7, 11) is 0. The van der Waals surface area contributed by atoms with Gasteiger partial charge in [-0.3, -0.25) is 4.79 Å². The van der Waals surface area contributed by atoms with Gasteiger partial charge in [-0.05, 0) is 44.9 Å². The first-order valence-corrected chi connectivity index (χ1v) is 33.1. The number of carbonyl (C=O) groups excluding carboxylic acids is 1. The van der Waals surface area contributed by atoms with Crippen molar-refractivity contribution in [1.29, 1.82) is 0 Å². The van der Waals surface area contributed by atoms with Crippen LogP contribution in [0.5, 0.6) is 0 Å². The second-order valence-electron chi connectivity index (χ2n) is 23.6. The fourth-order valence-corrected chi connectivity index (χ4v) is 11.1. The van der Waals surface area contributed by atoms with Crippen LogP contribution in [-0.4, -0.2) is 140 Å². The third-order valence-corrected chi connectivity index (χ3v) is 16.4. The van der Waals surface area contributed by atoms with Gasteiger partial charge in [-0.25, -0.2) is 0 Å². The molecule has 0 aromatic heterocycles. The second kappa shape index (κ2) is 50.9. The zero-order valence-corrected chi connectivity index (χ0v) is 50.4. The van der Waals surface area contributed by atoms with E-state index in [9.17, 15) is 45.6 Å². The van der Waals surface area contributed by atoms with Crippen molar-refractivity contribution in [3.63, 3.8) is 0 Å². The molecule has 12 unspecified atom stereocenters. The number of unbranched alkanes of at least 4 members (excludes halogenated alkanes) is 39. The van der Waals surface area contributed by atoms with Gasteiger partial charge in [0, 0.05) is 6.42 Å². The molecule has 2 rings (SSSR count). The number of hydrogen-bond donors (Lipinski definition) is 9. The molecule has 0 bridgehead atoms. The molecule has 0 saturated carbocycles. The van der Waals surface area contributed by atoms with Gasteiger partial charge in [0.05, 0.1) is 32.0 Å². The first kappa shape index (κ1) is 73.6. The van der Waals surface area contributed by atoms with Crippen molar-refractivity contribution in [2.75, 3.05) is 19.8 Å².